The van der Waals surface area contributed by atoms with Gasteiger partial charge in [0, 0.05) is 48.9 Å². The molecule has 0 unspecified atom stereocenters. The molecule has 0 atom stereocenters. The Kier molecular flexibility index (Phi) is 4.63. The summed E-state index contributed by atoms with van der Waals surface area (Å²) < 4.78 is 0. The average molecular weight is 370 g/mol. The van der Waals surface area contributed by atoms with E-state index in [0.29, 0.717) is 0 Å². The molecule has 2 amide bonds. The summed E-state index contributed by atoms with van der Waals surface area (Å²) in [5, 5.41) is 2.12. The van der Waals surface area contributed by atoms with E-state index in [1.54, 1.807) is 23.6 Å². The molecule has 26 heavy (non-hydrogen) atoms. The van der Waals surface area contributed by atoms with Gasteiger partial charge in [0.25, 0.3) is 5.91 Å². The summed E-state index contributed by atoms with van der Waals surface area (Å²) in [4.78, 5) is 33.9. The van der Waals surface area contributed by atoms with Crippen molar-refractivity contribution in [3.05, 3.63) is 45.9 Å². The number of nitrogens with zero attached hydrogens (tertiary/aromatic N) is 3. The first-order chi connectivity index (χ1) is 12.6. The van der Waals surface area contributed by atoms with Crippen LogP contribution in [0.4, 0.5) is 5.69 Å². The van der Waals surface area contributed by atoms with Gasteiger partial charge < -0.3 is 15.5 Å². The highest BCUT2D eigenvalue weighted by Crippen LogP contribution is 2.28. The molecule has 6 nitrogen and oxygen atoms in total. The highest BCUT2D eigenvalue weighted by atomic mass is 32.1. The SMILES string of the molecule is NC(=O)c1cc(N2CCC(C(=O)N3CCc4sccc4C3)CC2)ccn1. The van der Waals surface area contributed by atoms with Crippen LogP contribution in [0.1, 0.15) is 33.8 Å². The van der Waals surface area contributed by atoms with Crippen molar-refractivity contribution in [3.8, 4) is 0 Å². The van der Waals surface area contributed by atoms with Gasteiger partial charge in [-0.15, -0.1) is 11.3 Å². The van der Waals surface area contributed by atoms with Crippen LogP contribution in [-0.4, -0.2) is 41.3 Å². The Labute approximate surface area is 156 Å². The molecule has 4 rings (SSSR count). The largest absolute Gasteiger partial charge is 0.371 e. The third-order valence-electron chi connectivity index (χ3n) is 5.32. The van der Waals surface area contributed by atoms with E-state index in [4.69, 9.17) is 5.73 Å². The van der Waals surface area contributed by atoms with E-state index in [0.717, 1.165) is 51.1 Å². The summed E-state index contributed by atoms with van der Waals surface area (Å²) in [6, 6.07) is 5.76. The van der Waals surface area contributed by atoms with E-state index >= 15 is 0 Å². The second kappa shape index (κ2) is 7.07. The van der Waals surface area contributed by atoms with Gasteiger partial charge in [-0.3, -0.25) is 14.6 Å². The predicted octanol–water partition coefficient (Wildman–Crippen LogP) is 2.04. The molecule has 2 aromatic rings. The molecular weight excluding hydrogens is 348 g/mol. The molecule has 0 aromatic carbocycles. The first kappa shape index (κ1) is 17.0. The topological polar surface area (TPSA) is 79.5 Å². The van der Waals surface area contributed by atoms with E-state index in [1.165, 1.54) is 10.4 Å². The maximum atomic E-state index is 12.9. The molecule has 0 radical (unpaired) electrons. The van der Waals surface area contributed by atoms with Gasteiger partial charge >= 0.3 is 0 Å². The van der Waals surface area contributed by atoms with Crippen LogP contribution in [0.3, 0.4) is 0 Å². The van der Waals surface area contributed by atoms with Crippen molar-refractivity contribution in [1.29, 1.82) is 0 Å². The zero-order chi connectivity index (χ0) is 18.1. The van der Waals surface area contributed by atoms with Crippen LogP contribution in [0, 0.1) is 5.92 Å². The first-order valence-electron chi connectivity index (χ1n) is 8.96. The lowest BCUT2D eigenvalue weighted by molar-refractivity contribution is -0.137. The molecule has 2 aromatic heterocycles. The Hall–Kier alpha value is -2.41. The van der Waals surface area contributed by atoms with Crippen molar-refractivity contribution in [2.24, 2.45) is 11.7 Å². The van der Waals surface area contributed by atoms with Crippen LogP contribution in [0.15, 0.2) is 29.8 Å². The second-order valence-corrected chi connectivity index (χ2v) is 7.90. The fourth-order valence-electron chi connectivity index (χ4n) is 3.83. The minimum absolute atomic E-state index is 0.0869. The summed E-state index contributed by atoms with van der Waals surface area (Å²) in [6.07, 6.45) is 4.25. The van der Waals surface area contributed by atoms with Gasteiger partial charge in [0.15, 0.2) is 0 Å². The molecular formula is C19H22N4O2S. The molecule has 136 valence electrons. The normalized spacial score (nSPS) is 17.8. The summed E-state index contributed by atoms with van der Waals surface area (Å²) in [7, 11) is 0. The molecule has 2 aliphatic heterocycles. The number of amides is 2. The number of piperidine rings is 1. The van der Waals surface area contributed by atoms with E-state index < -0.39 is 5.91 Å². The maximum Gasteiger partial charge on any atom is 0.267 e. The fourth-order valence-corrected chi connectivity index (χ4v) is 4.72. The molecule has 0 bridgehead atoms. The Bertz CT molecular complexity index is 826. The van der Waals surface area contributed by atoms with E-state index in [1.807, 2.05) is 11.0 Å². The van der Waals surface area contributed by atoms with Crippen molar-refractivity contribution >= 4 is 28.8 Å². The number of carbonyl (C=O) groups is 2. The lowest BCUT2D eigenvalue weighted by Crippen LogP contribution is -2.44. The van der Waals surface area contributed by atoms with Gasteiger partial charge in [-0.05, 0) is 48.4 Å². The zero-order valence-electron chi connectivity index (χ0n) is 14.6. The predicted molar refractivity (Wildman–Crippen MR) is 101 cm³/mol. The second-order valence-electron chi connectivity index (χ2n) is 6.90. The van der Waals surface area contributed by atoms with Crippen molar-refractivity contribution < 1.29 is 9.59 Å². The number of primary amides is 1. The maximum absolute atomic E-state index is 12.9. The van der Waals surface area contributed by atoms with Gasteiger partial charge in [0.05, 0.1) is 0 Å². The van der Waals surface area contributed by atoms with Crippen LogP contribution < -0.4 is 10.6 Å². The molecule has 0 aliphatic carbocycles. The third-order valence-corrected chi connectivity index (χ3v) is 6.35. The van der Waals surface area contributed by atoms with Gasteiger partial charge in [-0.25, -0.2) is 0 Å². The zero-order valence-corrected chi connectivity index (χ0v) is 15.4. The molecule has 0 saturated carbocycles. The lowest BCUT2D eigenvalue weighted by atomic mass is 9.94. The number of pyridine rings is 1. The van der Waals surface area contributed by atoms with Crippen molar-refractivity contribution in [3.63, 3.8) is 0 Å². The van der Waals surface area contributed by atoms with Crippen molar-refractivity contribution in [2.45, 2.75) is 25.8 Å². The van der Waals surface area contributed by atoms with Crippen LogP contribution in [-0.2, 0) is 17.8 Å². The number of aromatic nitrogens is 1. The summed E-state index contributed by atoms with van der Waals surface area (Å²) in [5.74, 6) is -0.146. The highest BCUT2D eigenvalue weighted by molar-refractivity contribution is 7.10. The van der Waals surface area contributed by atoms with Crippen LogP contribution in [0.25, 0.3) is 0 Å². The van der Waals surface area contributed by atoms with Gasteiger partial charge in [-0.2, -0.15) is 0 Å². The highest BCUT2D eigenvalue weighted by Gasteiger charge is 2.30. The molecule has 7 heteroatoms. The van der Waals surface area contributed by atoms with Crippen molar-refractivity contribution in [2.75, 3.05) is 24.5 Å². The number of fused-ring (bicyclic) bond motifs is 1. The number of hydrogen-bond donors (Lipinski definition) is 1. The smallest absolute Gasteiger partial charge is 0.267 e. The van der Waals surface area contributed by atoms with Crippen LogP contribution in [0.2, 0.25) is 0 Å². The van der Waals surface area contributed by atoms with E-state index in [-0.39, 0.29) is 17.5 Å². The minimum atomic E-state index is -0.519. The number of anilines is 1. The number of hydrogen-bond acceptors (Lipinski definition) is 5. The monoisotopic (exact) mass is 370 g/mol. The van der Waals surface area contributed by atoms with E-state index in [2.05, 4.69) is 21.3 Å². The average Bonchev–Trinajstić information content (AvgIpc) is 3.15. The molecule has 1 fully saturated rings. The van der Waals surface area contributed by atoms with Gasteiger partial charge in [-0.1, -0.05) is 0 Å². The first-order valence-corrected chi connectivity index (χ1v) is 9.84. The number of carbonyl (C=O) groups excluding carboxylic acids is 2. The van der Waals surface area contributed by atoms with Gasteiger partial charge in [0.2, 0.25) is 5.91 Å². The molecule has 4 heterocycles. The van der Waals surface area contributed by atoms with Crippen molar-refractivity contribution in [1.82, 2.24) is 9.88 Å². The Morgan fingerprint density at radius 2 is 2.00 bits per heavy atom. The van der Waals surface area contributed by atoms with Gasteiger partial charge in [0.1, 0.15) is 5.69 Å². The van der Waals surface area contributed by atoms with Crippen LogP contribution >= 0.6 is 11.3 Å². The molecule has 2 aliphatic rings. The minimum Gasteiger partial charge on any atom is -0.371 e. The third kappa shape index (κ3) is 3.31. The Morgan fingerprint density at radius 1 is 1.19 bits per heavy atom. The molecule has 0 spiro atoms. The molecule has 1 saturated heterocycles. The van der Waals surface area contributed by atoms with E-state index in [9.17, 15) is 9.59 Å². The lowest BCUT2D eigenvalue weighted by Gasteiger charge is -2.36. The Balaban J connectivity index is 1.37. The summed E-state index contributed by atoms with van der Waals surface area (Å²) in [6.45, 7) is 3.19. The number of nitrogens with two attached hydrogens (primary N) is 1. The quantitative estimate of drug-likeness (QED) is 0.897. The Morgan fingerprint density at radius 3 is 2.77 bits per heavy atom. The summed E-state index contributed by atoms with van der Waals surface area (Å²) in [5.41, 5.74) is 7.84. The standard InChI is InChI=1S/C19H22N4O2S/c20-18(24)16-11-15(1-6-21-16)22-7-2-13(3-8-22)19(25)23-9-4-17-14(12-23)5-10-26-17/h1,5-6,10-11,13H,2-4,7-9,12H2,(H2,20,24). The van der Waals surface area contributed by atoms with Crippen LogP contribution in [0.5, 0.6) is 0 Å². The number of rotatable bonds is 3. The molecule has 2 N–H and O–H groups in total. The number of thiophene rings is 1. The fraction of sp³-hybridized carbons (Fsp3) is 0.421. The summed E-state index contributed by atoms with van der Waals surface area (Å²) >= 11 is 1.79.